The summed E-state index contributed by atoms with van der Waals surface area (Å²) in [6, 6.07) is 0. The third-order valence-corrected chi connectivity index (χ3v) is 3.50. The van der Waals surface area contributed by atoms with Gasteiger partial charge in [-0.25, -0.2) is 0 Å². The van der Waals surface area contributed by atoms with Crippen molar-refractivity contribution in [3.05, 3.63) is 11.0 Å². The maximum atomic E-state index is 10.9. The molecule has 0 spiro atoms. The van der Waals surface area contributed by atoms with Crippen LogP contribution in [0.25, 0.3) is 0 Å². The average Bonchev–Trinajstić information content (AvgIpc) is 2.07. The molecule has 0 radical (unpaired) electrons. The fourth-order valence-electron chi connectivity index (χ4n) is 1.08. The van der Waals surface area contributed by atoms with Crippen molar-refractivity contribution in [2.75, 3.05) is 5.75 Å². The van der Waals surface area contributed by atoms with Gasteiger partial charge in [0.15, 0.2) is 0 Å². The fourth-order valence-corrected chi connectivity index (χ4v) is 2.30. The molecule has 0 aromatic rings. The van der Waals surface area contributed by atoms with E-state index in [-0.39, 0.29) is 70.4 Å². The van der Waals surface area contributed by atoms with Gasteiger partial charge in [0.25, 0.3) is 20.2 Å². The molecule has 6 nitrogen and oxygen atoms in total. The summed E-state index contributed by atoms with van der Waals surface area (Å²) in [5, 5.41) is 0. The predicted octanol–water partition coefficient (Wildman–Crippen LogP) is -0.0708. The molecule has 0 fully saturated rings. The molecule has 0 aromatic carbocycles. The Hall–Kier alpha value is 1.56. The first-order valence-electron chi connectivity index (χ1n) is 4.78. The summed E-state index contributed by atoms with van der Waals surface area (Å²) >= 11 is 0. The standard InChI is InChI=1S/C8H16O6S2.2Na.2H/c1-2-3-4-5-8(16(12,13)14)6-7-15(9,10)11;;;;/h6H,2-5,7H2,1H3,(H,9,10,11)(H,12,13,14);;;;. The topological polar surface area (TPSA) is 109 Å². The normalized spacial score (nSPS) is 12.5. The summed E-state index contributed by atoms with van der Waals surface area (Å²) in [7, 11) is -8.64. The second-order valence-electron chi connectivity index (χ2n) is 3.35. The van der Waals surface area contributed by atoms with Crippen LogP contribution in [-0.2, 0) is 20.2 Å². The summed E-state index contributed by atoms with van der Waals surface area (Å²) in [6.07, 6.45) is 3.08. The van der Waals surface area contributed by atoms with Gasteiger partial charge < -0.3 is 0 Å². The van der Waals surface area contributed by atoms with Crippen molar-refractivity contribution < 1.29 is 25.9 Å². The summed E-state index contributed by atoms with van der Waals surface area (Å²) in [5.74, 6) is -0.811. The first kappa shape index (κ1) is 24.6. The molecule has 2 N–H and O–H groups in total. The molecule has 0 heterocycles. The van der Waals surface area contributed by atoms with Crippen molar-refractivity contribution in [1.29, 1.82) is 0 Å². The monoisotopic (exact) mass is 320 g/mol. The zero-order valence-electron chi connectivity index (χ0n) is 8.96. The molecule has 0 aliphatic heterocycles. The Balaban J connectivity index is -0.00000112. The van der Waals surface area contributed by atoms with Crippen LogP contribution in [0, 0.1) is 0 Å². The minimum atomic E-state index is -4.38. The molecule has 18 heavy (non-hydrogen) atoms. The van der Waals surface area contributed by atoms with Crippen LogP contribution in [0.15, 0.2) is 11.0 Å². The van der Waals surface area contributed by atoms with Crippen molar-refractivity contribution in [3.8, 4) is 0 Å². The van der Waals surface area contributed by atoms with Crippen LogP contribution >= 0.6 is 0 Å². The molecule has 0 bridgehead atoms. The molecule has 0 amide bonds. The second-order valence-corrected chi connectivity index (χ2v) is 6.32. The average molecular weight is 320 g/mol. The van der Waals surface area contributed by atoms with Crippen LogP contribution in [0.4, 0.5) is 0 Å². The first-order chi connectivity index (χ1) is 7.17. The molecule has 0 saturated heterocycles. The van der Waals surface area contributed by atoms with Crippen molar-refractivity contribution in [1.82, 2.24) is 0 Å². The number of unbranched alkanes of at least 4 members (excludes halogenated alkanes) is 2. The minimum absolute atomic E-state index is 0. The van der Waals surface area contributed by atoms with E-state index in [1.165, 1.54) is 0 Å². The van der Waals surface area contributed by atoms with Gasteiger partial charge in [-0.2, -0.15) is 16.8 Å². The van der Waals surface area contributed by atoms with Crippen LogP contribution in [0.5, 0.6) is 0 Å². The van der Waals surface area contributed by atoms with E-state index in [0.717, 1.165) is 18.9 Å². The van der Waals surface area contributed by atoms with E-state index in [0.29, 0.717) is 6.42 Å². The Morgan fingerprint density at radius 3 is 1.89 bits per heavy atom. The van der Waals surface area contributed by atoms with E-state index in [1.54, 1.807) is 0 Å². The van der Waals surface area contributed by atoms with Gasteiger partial charge in [-0.1, -0.05) is 25.8 Å². The van der Waals surface area contributed by atoms with Gasteiger partial charge in [0.1, 0.15) is 0 Å². The third kappa shape index (κ3) is 14.0. The van der Waals surface area contributed by atoms with Gasteiger partial charge in [-0.05, 0) is 12.8 Å². The van der Waals surface area contributed by atoms with Gasteiger partial charge in [0.05, 0.1) is 10.7 Å². The Kier molecular flexibility index (Phi) is 15.3. The van der Waals surface area contributed by atoms with Gasteiger partial charge in [-0.3, -0.25) is 9.11 Å². The van der Waals surface area contributed by atoms with Gasteiger partial charge >= 0.3 is 59.1 Å². The van der Waals surface area contributed by atoms with E-state index in [9.17, 15) is 16.8 Å². The summed E-state index contributed by atoms with van der Waals surface area (Å²) < 4.78 is 59.8. The van der Waals surface area contributed by atoms with E-state index in [1.807, 2.05) is 6.92 Å². The zero-order chi connectivity index (χ0) is 12.8. The van der Waals surface area contributed by atoms with Crippen LogP contribution in [0.3, 0.4) is 0 Å². The molecule has 0 aliphatic rings. The molecule has 0 aliphatic carbocycles. The van der Waals surface area contributed by atoms with Crippen LogP contribution < -0.4 is 0 Å². The Bertz CT molecular complexity index is 440. The molecule has 100 valence electrons. The first-order valence-corrected chi connectivity index (χ1v) is 7.83. The molecule has 0 unspecified atom stereocenters. The van der Waals surface area contributed by atoms with Crippen LogP contribution in [-0.4, -0.2) is 90.8 Å². The van der Waals surface area contributed by atoms with Crippen LogP contribution in [0.1, 0.15) is 32.6 Å². The van der Waals surface area contributed by atoms with Crippen LogP contribution in [0.2, 0.25) is 0 Å². The fraction of sp³-hybridized carbons (Fsp3) is 0.750. The summed E-state index contributed by atoms with van der Waals surface area (Å²) in [6.45, 7) is 1.93. The second kappa shape index (κ2) is 11.2. The predicted molar refractivity (Wildman–Crippen MR) is 74.5 cm³/mol. The molecular formula is C8H18Na2O6S2. The molecular weight excluding hydrogens is 302 g/mol. The van der Waals surface area contributed by atoms with Crippen molar-refractivity contribution in [3.63, 3.8) is 0 Å². The molecule has 0 saturated carbocycles. The van der Waals surface area contributed by atoms with Gasteiger partial charge in [0.2, 0.25) is 0 Å². The number of hydrogen-bond donors (Lipinski definition) is 2. The van der Waals surface area contributed by atoms with Crippen molar-refractivity contribution >= 4 is 79.4 Å². The Morgan fingerprint density at radius 2 is 1.56 bits per heavy atom. The number of hydrogen-bond acceptors (Lipinski definition) is 4. The zero-order valence-corrected chi connectivity index (χ0v) is 10.6. The van der Waals surface area contributed by atoms with E-state index >= 15 is 0 Å². The Morgan fingerprint density at radius 1 is 1.06 bits per heavy atom. The number of allylic oxidation sites excluding steroid dienone is 1. The third-order valence-electron chi connectivity index (χ3n) is 1.88. The quantitative estimate of drug-likeness (QED) is 0.386. The summed E-state index contributed by atoms with van der Waals surface area (Å²) in [4.78, 5) is -0.362. The van der Waals surface area contributed by atoms with E-state index in [2.05, 4.69) is 0 Å². The van der Waals surface area contributed by atoms with Crippen molar-refractivity contribution in [2.24, 2.45) is 0 Å². The van der Waals surface area contributed by atoms with E-state index < -0.39 is 26.0 Å². The maximum absolute atomic E-state index is 10.9. The molecule has 0 rings (SSSR count). The molecule has 0 aromatic heterocycles. The van der Waals surface area contributed by atoms with E-state index in [4.69, 9.17) is 9.11 Å². The number of rotatable bonds is 7. The van der Waals surface area contributed by atoms with Crippen molar-refractivity contribution in [2.45, 2.75) is 32.6 Å². The molecule has 10 heteroatoms. The van der Waals surface area contributed by atoms with Gasteiger partial charge in [0, 0.05) is 0 Å². The van der Waals surface area contributed by atoms with Gasteiger partial charge in [-0.15, -0.1) is 0 Å². The summed E-state index contributed by atoms with van der Waals surface area (Å²) in [5.41, 5.74) is 0. The molecule has 0 atom stereocenters. The SMILES string of the molecule is CCCCCC(=CCS(=O)(=O)O)S(=O)(=O)O.[NaH].[NaH]. The Labute approximate surface area is 153 Å².